The van der Waals surface area contributed by atoms with E-state index in [1.807, 2.05) is 26.0 Å². The van der Waals surface area contributed by atoms with Crippen molar-refractivity contribution in [1.29, 1.82) is 0 Å². The molecule has 0 radical (unpaired) electrons. The molecule has 1 aromatic carbocycles. The van der Waals surface area contributed by atoms with Crippen LogP contribution in [0.2, 0.25) is 0 Å². The summed E-state index contributed by atoms with van der Waals surface area (Å²) in [6.07, 6.45) is 0. The van der Waals surface area contributed by atoms with E-state index in [0.717, 1.165) is 21.2 Å². The number of halogens is 1. The van der Waals surface area contributed by atoms with Gasteiger partial charge >= 0.3 is 5.97 Å². The van der Waals surface area contributed by atoms with Crippen LogP contribution in [0.4, 0.5) is 0 Å². The molecule has 82 valence electrons. The van der Waals surface area contributed by atoms with Crippen molar-refractivity contribution < 1.29 is 9.90 Å². The van der Waals surface area contributed by atoms with E-state index in [1.54, 1.807) is 13.8 Å². The summed E-state index contributed by atoms with van der Waals surface area (Å²) in [6, 6.07) is 3.84. The molecule has 0 aliphatic heterocycles. The van der Waals surface area contributed by atoms with E-state index in [1.165, 1.54) is 0 Å². The normalized spacial score (nSPS) is 11.5. The standard InChI is InChI=1S/C12H15BrO2/c1-7-5-9(6-8(2)10(7)13)12(3,4)11(14)15/h5-6H,1-4H3,(H,14,15). The summed E-state index contributed by atoms with van der Waals surface area (Å²) in [5.41, 5.74) is 2.14. The lowest BCUT2D eigenvalue weighted by Gasteiger charge is -2.21. The summed E-state index contributed by atoms with van der Waals surface area (Å²) in [4.78, 5) is 11.1. The molecule has 1 rings (SSSR count). The molecule has 0 heterocycles. The lowest BCUT2D eigenvalue weighted by molar-refractivity contribution is -0.142. The van der Waals surface area contributed by atoms with Crippen LogP contribution in [0.15, 0.2) is 16.6 Å². The van der Waals surface area contributed by atoms with Crippen LogP contribution in [0, 0.1) is 13.8 Å². The summed E-state index contributed by atoms with van der Waals surface area (Å²) in [7, 11) is 0. The number of aliphatic carboxylic acids is 1. The zero-order valence-electron chi connectivity index (χ0n) is 9.39. The third kappa shape index (κ3) is 2.23. The maximum Gasteiger partial charge on any atom is 0.313 e. The molecular weight excluding hydrogens is 256 g/mol. The molecule has 15 heavy (non-hydrogen) atoms. The number of carbonyl (C=O) groups is 1. The molecular formula is C12H15BrO2. The van der Waals surface area contributed by atoms with Gasteiger partial charge in [-0.2, -0.15) is 0 Å². The second-order valence-corrected chi connectivity index (χ2v) is 5.15. The number of carboxylic acids is 1. The Labute approximate surface area is 98.4 Å². The molecule has 0 fully saturated rings. The average molecular weight is 271 g/mol. The second kappa shape index (κ2) is 3.97. The van der Waals surface area contributed by atoms with Gasteiger partial charge in [0.1, 0.15) is 0 Å². The van der Waals surface area contributed by atoms with Gasteiger partial charge in [0.25, 0.3) is 0 Å². The number of rotatable bonds is 2. The van der Waals surface area contributed by atoms with Crippen LogP contribution in [0.3, 0.4) is 0 Å². The van der Waals surface area contributed by atoms with Crippen molar-refractivity contribution in [3.63, 3.8) is 0 Å². The minimum absolute atomic E-state index is 0.802. The summed E-state index contributed by atoms with van der Waals surface area (Å²) >= 11 is 3.47. The van der Waals surface area contributed by atoms with E-state index in [-0.39, 0.29) is 0 Å². The molecule has 0 aliphatic carbocycles. The van der Waals surface area contributed by atoms with Crippen LogP contribution in [-0.2, 0) is 10.2 Å². The maximum atomic E-state index is 11.1. The summed E-state index contributed by atoms with van der Waals surface area (Å²) < 4.78 is 1.05. The maximum absolute atomic E-state index is 11.1. The number of benzene rings is 1. The fourth-order valence-electron chi connectivity index (χ4n) is 1.43. The van der Waals surface area contributed by atoms with Crippen LogP contribution < -0.4 is 0 Å². The van der Waals surface area contributed by atoms with E-state index in [4.69, 9.17) is 5.11 Å². The first-order valence-corrected chi connectivity index (χ1v) is 5.56. The van der Waals surface area contributed by atoms with Gasteiger partial charge in [-0.05, 0) is 44.4 Å². The molecule has 0 spiro atoms. The third-order valence-corrected chi connectivity index (χ3v) is 3.94. The highest BCUT2D eigenvalue weighted by Gasteiger charge is 2.29. The van der Waals surface area contributed by atoms with Crippen LogP contribution in [0.25, 0.3) is 0 Å². The SMILES string of the molecule is Cc1cc(C(C)(C)C(=O)O)cc(C)c1Br. The first kappa shape index (κ1) is 12.2. The number of hydrogen-bond donors (Lipinski definition) is 1. The second-order valence-electron chi connectivity index (χ2n) is 4.35. The molecule has 0 aromatic heterocycles. The fraction of sp³-hybridized carbons (Fsp3) is 0.417. The van der Waals surface area contributed by atoms with Gasteiger partial charge in [0.15, 0.2) is 0 Å². The number of aryl methyl sites for hydroxylation is 2. The zero-order valence-corrected chi connectivity index (χ0v) is 11.0. The van der Waals surface area contributed by atoms with Crippen molar-refractivity contribution in [2.24, 2.45) is 0 Å². The minimum Gasteiger partial charge on any atom is -0.481 e. The van der Waals surface area contributed by atoms with Crippen molar-refractivity contribution in [2.45, 2.75) is 33.1 Å². The molecule has 0 atom stereocenters. The van der Waals surface area contributed by atoms with Crippen molar-refractivity contribution in [3.05, 3.63) is 33.3 Å². The Hall–Kier alpha value is -0.830. The van der Waals surface area contributed by atoms with Gasteiger partial charge in [-0.1, -0.05) is 28.1 Å². The quantitative estimate of drug-likeness (QED) is 0.894. The Morgan fingerprint density at radius 2 is 1.67 bits per heavy atom. The molecule has 1 N–H and O–H groups in total. The third-order valence-electron chi connectivity index (χ3n) is 2.69. The molecule has 0 saturated heterocycles. The molecule has 0 bridgehead atoms. The lowest BCUT2D eigenvalue weighted by Crippen LogP contribution is -2.28. The van der Waals surface area contributed by atoms with Crippen molar-refractivity contribution in [1.82, 2.24) is 0 Å². The molecule has 3 heteroatoms. The zero-order chi connectivity index (χ0) is 11.8. The van der Waals surface area contributed by atoms with E-state index >= 15 is 0 Å². The predicted molar refractivity (Wildman–Crippen MR) is 64.3 cm³/mol. The highest BCUT2D eigenvalue weighted by molar-refractivity contribution is 9.10. The topological polar surface area (TPSA) is 37.3 Å². The largest absolute Gasteiger partial charge is 0.481 e. The first-order chi connectivity index (χ1) is 6.76. The molecule has 0 saturated carbocycles. The van der Waals surface area contributed by atoms with Crippen LogP contribution >= 0.6 is 15.9 Å². The highest BCUT2D eigenvalue weighted by Crippen LogP contribution is 2.30. The van der Waals surface area contributed by atoms with E-state index in [2.05, 4.69) is 15.9 Å². The first-order valence-electron chi connectivity index (χ1n) is 4.77. The van der Waals surface area contributed by atoms with Gasteiger partial charge in [0.2, 0.25) is 0 Å². The molecule has 2 nitrogen and oxygen atoms in total. The minimum atomic E-state index is -0.837. The summed E-state index contributed by atoms with van der Waals surface area (Å²) in [5.74, 6) is -0.802. The van der Waals surface area contributed by atoms with Crippen molar-refractivity contribution in [3.8, 4) is 0 Å². The summed E-state index contributed by atoms with van der Waals surface area (Å²) in [6.45, 7) is 7.38. The fourth-order valence-corrected chi connectivity index (χ4v) is 1.66. The van der Waals surface area contributed by atoms with Gasteiger partial charge in [-0.3, -0.25) is 4.79 Å². The Morgan fingerprint density at radius 1 is 1.27 bits per heavy atom. The highest BCUT2D eigenvalue weighted by atomic mass is 79.9. The van der Waals surface area contributed by atoms with Crippen molar-refractivity contribution >= 4 is 21.9 Å². The average Bonchev–Trinajstić information content (AvgIpc) is 2.13. The van der Waals surface area contributed by atoms with Crippen LogP contribution in [0.5, 0.6) is 0 Å². The molecule has 0 aliphatic rings. The molecule has 1 aromatic rings. The van der Waals surface area contributed by atoms with Crippen LogP contribution in [-0.4, -0.2) is 11.1 Å². The van der Waals surface area contributed by atoms with E-state index < -0.39 is 11.4 Å². The summed E-state index contributed by atoms with van der Waals surface area (Å²) in [5, 5.41) is 9.13. The van der Waals surface area contributed by atoms with Crippen LogP contribution in [0.1, 0.15) is 30.5 Å². The van der Waals surface area contributed by atoms with Gasteiger partial charge in [0, 0.05) is 4.47 Å². The lowest BCUT2D eigenvalue weighted by atomic mass is 9.83. The van der Waals surface area contributed by atoms with Gasteiger partial charge in [0.05, 0.1) is 5.41 Å². The Bertz CT molecular complexity index is 385. The van der Waals surface area contributed by atoms with Crippen molar-refractivity contribution in [2.75, 3.05) is 0 Å². The number of carboxylic acid groups (broad SMARTS) is 1. The van der Waals surface area contributed by atoms with E-state index in [9.17, 15) is 4.79 Å². The van der Waals surface area contributed by atoms with Gasteiger partial charge in [-0.25, -0.2) is 0 Å². The Kier molecular flexibility index (Phi) is 3.24. The monoisotopic (exact) mass is 270 g/mol. The molecule has 0 amide bonds. The number of hydrogen-bond acceptors (Lipinski definition) is 1. The smallest absolute Gasteiger partial charge is 0.313 e. The predicted octanol–water partition coefficient (Wildman–Crippen LogP) is 3.43. The Morgan fingerprint density at radius 3 is 2.00 bits per heavy atom. The molecule has 0 unspecified atom stereocenters. The van der Waals surface area contributed by atoms with Gasteiger partial charge < -0.3 is 5.11 Å². The Balaban J connectivity index is 3.34. The van der Waals surface area contributed by atoms with Gasteiger partial charge in [-0.15, -0.1) is 0 Å². The van der Waals surface area contributed by atoms with E-state index in [0.29, 0.717) is 0 Å².